The third-order valence-corrected chi connectivity index (χ3v) is 3.11. The molecule has 0 saturated heterocycles. The number of unbranched alkanes of at least 4 members (excludes halogenated alkanes) is 1. The Hall–Kier alpha value is -1.32. The summed E-state index contributed by atoms with van der Waals surface area (Å²) in [6, 6.07) is 0. The molecule has 0 radical (unpaired) electrons. The van der Waals surface area contributed by atoms with Crippen LogP contribution in [-0.4, -0.2) is 22.2 Å². The molecule has 0 aliphatic heterocycles. The lowest BCUT2D eigenvalue weighted by atomic mass is 9.78. The molecule has 1 rings (SSSR count). The molecular weight excluding hydrogens is 208 g/mol. The van der Waals surface area contributed by atoms with Crippen LogP contribution in [-0.2, 0) is 9.59 Å². The first-order valence-corrected chi connectivity index (χ1v) is 5.69. The quantitative estimate of drug-likeness (QED) is 0.705. The zero-order valence-electron chi connectivity index (χ0n) is 9.48. The highest BCUT2D eigenvalue weighted by Gasteiger charge is 2.35. The van der Waals surface area contributed by atoms with Crippen molar-refractivity contribution < 1.29 is 19.8 Å². The number of aliphatic carboxylic acids is 2. The second-order valence-electron chi connectivity index (χ2n) is 4.30. The summed E-state index contributed by atoms with van der Waals surface area (Å²) in [7, 11) is 0. The summed E-state index contributed by atoms with van der Waals surface area (Å²) < 4.78 is 0. The topological polar surface area (TPSA) is 74.6 Å². The lowest BCUT2D eigenvalue weighted by Gasteiger charge is -2.25. The van der Waals surface area contributed by atoms with Crippen molar-refractivity contribution in [1.82, 2.24) is 0 Å². The highest BCUT2D eigenvalue weighted by atomic mass is 16.4. The van der Waals surface area contributed by atoms with Gasteiger partial charge in [0.15, 0.2) is 0 Å². The minimum absolute atomic E-state index is 0.353. The highest BCUT2D eigenvalue weighted by Crippen LogP contribution is 2.32. The first kappa shape index (κ1) is 12.7. The molecule has 0 aromatic carbocycles. The van der Waals surface area contributed by atoms with E-state index in [2.05, 4.69) is 6.92 Å². The van der Waals surface area contributed by atoms with Gasteiger partial charge in [-0.3, -0.25) is 9.59 Å². The van der Waals surface area contributed by atoms with Crippen LogP contribution in [0.3, 0.4) is 0 Å². The Kier molecular flexibility index (Phi) is 4.52. The summed E-state index contributed by atoms with van der Waals surface area (Å²) in [5.74, 6) is -3.51. The minimum Gasteiger partial charge on any atom is -0.481 e. The van der Waals surface area contributed by atoms with Crippen LogP contribution in [0.5, 0.6) is 0 Å². The summed E-state index contributed by atoms with van der Waals surface area (Å²) in [5.41, 5.74) is 1.10. The molecular formula is C12H18O4. The molecule has 2 N–H and O–H groups in total. The molecule has 0 spiro atoms. The first-order valence-electron chi connectivity index (χ1n) is 5.69. The van der Waals surface area contributed by atoms with E-state index in [-0.39, 0.29) is 0 Å². The Morgan fingerprint density at radius 1 is 1.31 bits per heavy atom. The average Bonchev–Trinajstić information content (AvgIpc) is 2.25. The number of hydrogen-bond acceptors (Lipinski definition) is 2. The number of allylic oxidation sites excluding steroid dienone is 2. The molecule has 90 valence electrons. The number of carboxylic acids is 2. The van der Waals surface area contributed by atoms with Crippen molar-refractivity contribution in [1.29, 1.82) is 0 Å². The number of hydrogen-bond donors (Lipinski definition) is 2. The van der Waals surface area contributed by atoms with Gasteiger partial charge < -0.3 is 10.2 Å². The fraction of sp³-hybridized carbons (Fsp3) is 0.667. The van der Waals surface area contributed by atoms with Crippen LogP contribution in [0.15, 0.2) is 11.6 Å². The van der Waals surface area contributed by atoms with Gasteiger partial charge in [0.05, 0.1) is 11.8 Å². The lowest BCUT2D eigenvalue weighted by Crippen LogP contribution is -2.32. The molecule has 0 fully saturated rings. The molecule has 0 saturated carbocycles. The molecule has 0 bridgehead atoms. The van der Waals surface area contributed by atoms with Crippen LogP contribution in [0, 0.1) is 11.8 Å². The molecule has 1 aliphatic carbocycles. The molecule has 0 aromatic rings. The summed E-state index contributed by atoms with van der Waals surface area (Å²) >= 11 is 0. The predicted molar refractivity (Wildman–Crippen MR) is 59.1 cm³/mol. The van der Waals surface area contributed by atoms with Crippen molar-refractivity contribution in [3.8, 4) is 0 Å². The molecule has 16 heavy (non-hydrogen) atoms. The van der Waals surface area contributed by atoms with E-state index in [0.29, 0.717) is 12.8 Å². The van der Waals surface area contributed by atoms with Crippen LogP contribution in [0.1, 0.15) is 39.0 Å². The normalized spacial score (nSPS) is 24.9. The van der Waals surface area contributed by atoms with Crippen molar-refractivity contribution in [2.45, 2.75) is 39.0 Å². The van der Waals surface area contributed by atoms with Gasteiger partial charge in [-0.2, -0.15) is 0 Å². The van der Waals surface area contributed by atoms with E-state index in [1.165, 1.54) is 0 Å². The largest absolute Gasteiger partial charge is 0.481 e. The van der Waals surface area contributed by atoms with E-state index in [9.17, 15) is 9.59 Å². The van der Waals surface area contributed by atoms with E-state index in [1.807, 2.05) is 6.08 Å². The van der Waals surface area contributed by atoms with E-state index in [1.54, 1.807) is 0 Å². The number of carbonyl (C=O) groups is 2. The van der Waals surface area contributed by atoms with Crippen molar-refractivity contribution in [3.63, 3.8) is 0 Å². The summed E-state index contributed by atoms with van der Waals surface area (Å²) in [4.78, 5) is 21.9. The third-order valence-electron chi connectivity index (χ3n) is 3.11. The maximum absolute atomic E-state index is 11.0. The van der Waals surface area contributed by atoms with Crippen molar-refractivity contribution in [3.05, 3.63) is 11.6 Å². The van der Waals surface area contributed by atoms with Gasteiger partial charge in [-0.1, -0.05) is 25.0 Å². The van der Waals surface area contributed by atoms with E-state index >= 15 is 0 Å². The highest BCUT2D eigenvalue weighted by molar-refractivity contribution is 5.80. The van der Waals surface area contributed by atoms with Crippen LogP contribution < -0.4 is 0 Å². The summed E-state index contributed by atoms with van der Waals surface area (Å²) in [5, 5.41) is 17.9. The zero-order valence-corrected chi connectivity index (χ0v) is 9.48. The Balaban J connectivity index is 2.70. The van der Waals surface area contributed by atoms with Gasteiger partial charge in [0.25, 0.3) is 0 Å². The van der Waals surface area contributed by atoms with E-state index in [0.717, 1.165) is 24.8 Å². The number of rotatable bonds is 5. The fourth-order valence-corrected chi connectivity index (χ4v) is 2.11. The smallest absolute Gasteiger partial charge is 0.307 e. The Bertz CT molecular complexity index is 306. The van der Waals surface area contributed by atoms with Gasteiger partial charge >= 0.3 is 11.9 Å². The number of carboxylic acid groups (broad SMARTS) is 2. The lowest BCUT2D eigenvalue weighted by molar-refractivity contribution is -0.153. The standard InChI is InChI=1S/C12H18O4/c1-2-3-4-8-5-6-9(11(13)14)10(7-8)12(15)16/h5,9-10H,2-4,6-7H2,1H3,(H,13,14)(H,15,16). The van der Waals surface area contributed by atoms with Crippen LogP contribution in [0.4, 0.5) is 0 Å². The van der Waals surface area contributed by atoms with Crippen LogP contribution >= 0.6 is 0 Å². The molecule has 4 heteroatoms. The first-order chi connectivity index (χ1) is 7.56. The zero-order chi connectivity index (χ0) is 12.1. The molecule has 4 nitrogen and oxygen atoms in total. The van der Waals surface area contributed by atoms with Crippen molar-refractivity contribution in [2.24, 2.45) is 11.8 Å². The molecule has 0 aromatic heterocycles. The average molecular weight is 226 g/mol. The second-order valence-corrected chi connectivity index (χ2v) is 4.30. The second kappa shape index (κ2) is 5.68. The van der Waals surface area contributed by atoms with Crippen molar-refractivity contribution >= 4 is 11.9 Å². The molecule has 0 heterocycles. The van der Waals surface area contributed by atoms with Gasteiger partial charge in [-0.25, -0.2) is 0 Å². The predicted octanol–water partition coefficient (Wildman–Crippen LogP) is 2.30. The van der Waals surface area contributed by atoms with E-state index in [4.69, 9.17) is 10.2 Å². The molecule has 0 amide bonds. The molecule has 2 unspecified atom stereocenters. The maximum Gasteiger partial charge on any atom is 0.307 e. The van der Waals surface area contributed by atoms with Crippen LogP contribution in [0.25, 0.3) is 0 Å². The molecule has 2 atom stereocenters. The van der Waals surface area contributed by atoms with Crippen molar-refractivity contribution in [2.75, 3.05) is 0 Å². The minimum atomic E-state index is -1.00. The molecule has 1 aliphatic rings. The SMILES string of the molecule is CCCCC1=CCC(C(=O)O)C(C(=O)O)C1. The summed E-state index contributed by atoms with van der Waals surface area (Å²) in [6.45, 7) is 2.08. The van der Waals surface area contributed by atoms with Crippen LogP contribution in [0.2, 0.25) is 0 Å². The third kappa shape index (κ3) is 3.08. The van der Waals surface area contributed by atoms with Gasteiger partial charge in [-0.05, 0) is 25.7 Å². The van der Waals surface area contributed by atoms with Gasteiger partial charge in [-0.15, -0.1) is 0 Å². The Labute approximate surface area is 95.0 Å². The fourth-order valence-electron chi connectivity index (χ4n) is 2.11. The Morgan fingerprint density at radius 2 is 1.94 bits per heavy atom. The van der Waals surface area contributed by atoms with Gasteiger partial charge in [0.1, 0.15) is 0 Å². The summed E-state index contributed by atoms with van der Waals surface area (Å²) in [6.07, 6.45) is 5.66. The van der Waals surface area contributed by atoms with E-state index < -0.39 is 23.8 Å². The maximum atomic E-state index is 11.0. The Morgan fingerprint density at radius 3 is 2.44 bits per heavy atom. The monoisotopic (exact) mass is 226 g/mol. The van der Waals surface area contributed by atoms with Gasteiger partial charge in [0.2, 0.25) is 0 Å². The van der Waals surface area contributed by atoms with Gasteiger partial charge in [0, 0.05) is 0 Å².